The number of alkyl halides is 2. The van der Waals surface area contributed by atoms with Crippen LogP contribution >= 0.6 is 0 Å². The molecule has 2 unspecified atom stereocenters. The molecular formula is C21H18F2N2O. The molecule has 0 radical (unpaired) electrons. The molecule has 3 nitrogen and oxygen atoms in total. The van der Waals surface area contributed by atoms with E-state index in [1.807, 2.05) is 48.5 Å². The molecule has 5 heteroatoms. The Hall–Kier alpha value is -2.95. The number of halogens is 2. The summed E-state index contributed by atoms with van der Waals surface area (Å²) in [7, 11) is 0. The molecule has 2 aromatic heterocycles. The van der Waals surface area contributed by atoms with Gasteiger partial charge in [-0.15, -0.1) is 0 Å². The Kier molecular flexibility index (Phi) is 4.29. The molecule has 132 valence electrons. The summed E-state index contributed by atoms with van der Waals surface area (Å²) in [6.07, 6.45) is 3.30. The van der Waals surface area contributed by atoms with Gasteiger partial charge >= 0.3 is 0 Å². The van der Waals surface area contributed by atoms with Crippen LogP contribution in [0.1, 0.15) is 23.0 Å². The topological polar surface area (TPSA) is 48.6 Å². The Morgan fingerprint density at radius 1 is 0.769 bits per heavy atom. The number of benzene rings is 2. The molecule has 0 saturated heterocycles. The van der Waals surface area contributed by atoms with Crippen molar-refractivity contribution in [1.29, 1.82) is 0 Å². The van der Waals surface area contributed by atoms with Gasteiger partial charge in [0.05, 0.1) is 11.8 Å². The summed E-state index contributed by atoms with van der Waals surface area (Å²) < 4.78 is 27.8. The van der Waals surface area contributed by atoms with Crippen molar-refractivity contribution in [3.05, 3.63) is 72.1 Å². The zero-order valence-corrected chi connectivity index (χ0v) is 14.0. The normalized spacial score (nSPS) is 13.9. The number of rotatable bonds is 6. The number of nitrogens with one attached hydrogen (secondary N) is 2. The smallest absolute Gasteiger partial charge is 0.153 e. The standard InChI is InChI=1S/C21H18F2N2O/c22-9-15(17-11-24-19-7-3-1-5-13(17)19)21(26)16(10-23)18-12-25-20-8-4-2-6-14(18)20/h1-8,11-12,15-16,24-25H,9-10H2. The van der Waals surface area contributed by atoms with E-state index in [1.54, 1.807) is 12.4 Å². The SMILES string of the molecule is O=C(C(CF)c1c[nH]c2ccccc12)C(CF)c1c[nH]c2ccccc12. The van der Waals surface area contributed by atoms with Crippen LogP contribution in [0.25, 0.3) is 21.8 Å². The van der Waals surface area contributed by atoms with Crippen molar-refractivity contribution in [2.24, 2.45) is 0 Å². The van der Waals surface area contributed by atoms with Crippen molar-refractivity contribution in [2.75, 3.05) is 13.3 Å². The molecule has 0 aliphatic carbocycles. The Bertz CT molecular complexity index is 982. The van der Waals surface area contributed by atoms with E-state index in [0.717, 1.165) is 21.8 Å². The van der Waals surface area contributed by atoms with Crippen LogP contribution in [0.2, 0.25) is 0 Å². The van der Waals surface area contributed by atoms with Crippen LogP contribution in [0, 0.1) is 0 Å². The van der Waals surface area contributed by atoms with Gasteiger partial charge in [0.25, 0.3) is 0 Å². The van der Waals surface area contributed by atoms with E-state index in [1.165, 1.54) is 0 Å². The second kappa shape index (κ2) is 6.75. The van der Waals surface area contributed by atoms with Crippen molar-refractivity contribution in [3.63, 3.8) is 0 Å². The molecule has 2 heterocycles. The first-order chi connectivity index (χ1) is 12.7. The second-order valence-electron chi connectivity index (χ2n) is 6.40. The van der Waals surface area contributed by atoms with Gasteiger partial charge in [-0.05, 0) is 23.3 Å². The predicted molar refractivity (Wildman–Crippen MR) is 99.0 cm³/mol. The molecule has 26 heavy (non-hydrogen) atoms. The number of ketones is 1. The van der Waals surface area contributed by atoms with Crippen molar-refractivity contribution < 1.29 is 13.6 Å². The summed E-state index contributed by atoms with van der Waals surface area (Å²) in [6, 6.07) is 14.8. The van der Waals surface area contributed by atoms with Crippen LogP contribution in [0.3, 0.4) is 0 Å². The third-order valence-electron chi connectivity index (χ3n) is 4.99. The van der Waals surface area contributed by atoms with E-state index in [9.17, 15) is 13.6 Å². The highest BCUT2D eigenvalue weighted by atomic mass is 19.1. The van der Waals surface area contributed by atoms with Gasteiger partial charge < -0.3 is 9.97 Å². The number of aromatic nitrogens is 2. The quantitative estimate of drug-likeness (QED) is 0.503. The summed E-state index contributed by atoms with van der Waals surface area (Å²) in [6.45, 7) is -1.72. The van der Waals surface area contributed by atoms with E-state index in [0.29, 0.717) is 11.1 Å². The fourth-order valence-corrected chi connectivity index (χ4v) is 3.63. The van der Waals surface area contributed by atoms with Crippen LogP contribution in [-0.4, -0.2) is 29.1 Å². The minimum Gasteiger partial charge on any atom is -0.361 e. The third-order valence-corrected chi connectivity index (χ3v) is 4.99. The Labute approximate surface area is 149 Å². The van der Waals surface area contributed by atoms with Gasteiger partial charge in [0.15, 0.2) is 5.78 Å². The zero-order chi connectivity index (χ0) is 18.1. The lowest BCUT2D eigenvalue weighted by Gasteiger charge is -2.18. The number of fused-ring (bicyclic) bond motifs is 2. The molecule has 4 aromatic rings. The van der Waals surface area contributed by atoms with Gasteiger partial charge in [-0.1, -0.05) is 36.4 Å². The van der Waals surface area contributed by atoms with Crippen LogP contribution in [-0.2, 0) is 4.79 Å². The lowest BCUT2D eigenvalue weighted by molar-refractivity contribution is -0.122. The number of hydrogen-bond acceptors (Lipinski definition) is 1. The maximum Gasteiger partial charge on any atom is 0.153 e. The average Bonchev–Trinajstić information content (AvgIpc) is 3.29. The van der Waals surface area contributed by atoms with Gasteiger partial charge in [-0.3, -0.25) is 4.79 Å². The summed E-state index contributed by atoms with van der Waals surface area (Å²) in [5.74, 6) is -2.44. The first-order valence-electron chi connectivity index (χ1n) is 8.52. The van der Waals surface area contributed by atoms with Gasteiger partial charge in [0, 0.05) is 34.2 Å². The number of hydrogen-bond donors (Lipinski definition) is 2. The maximum atomic E-state index is 13.9. The first-order valence-corrected chi connectivity index (χ1v) is 8.52. The third kappa shape index (κ3) is 2.60. The van der Waals surface area contributed by atoms with E-state index in [4.69, 9.17) is 0 Å². The number of para-hydroxylation sites is 2. The summed E-state index contributed by atoms with van der Waals surface area (Å²) >= 11 is 0. The van der Waals surface area contributed by atoms with Gasteiger partial charge in [-0.25, -0.2) is 8.78 Å². The molecule has 0 bridgehead atoms. The number of aromatic amines is 2. The highest BCUT2D eigenvalue weighted by molar-refractivity contribution is 5.99. The zero-order valence-electron chi connectivity index (χ0n) is 14.0. The summed E-state index contributed by atoms with van der Waals surface area (Å²) in [4.78, 5) is 19.2. The molecule has 0 fully saturated rings. The number of Topliss-reactive ketones (excluding diaryl/α,β-unsaturated/α-hetero) is 1. The lowest BCUT2D eigenvalue weighted by atomic mass is 9.84. The highest BCUT2D eigenvalue weighted by Crippen LogP contribution is 2.34. The second-order valence-corrected chi connectivity index (χ2v) is 6.40. The van der Waals surface area contributed by atoms with Crippen molar-refractivity contribution in [3.8, 4) is 0 Å². The molecular weight excluding hydrogens is 334 g/mol. The molecule has 2 atom stereocenters. The van der Waals surface area contributed by atoms with Crippen LogP contribution < -0.4 is 0 Å². The molecule has 0 amide bonds. The Morgan fingerprint density at radius 2 is 1.19 bits per heavy atom. The summed E-state index contributed by atoms with van der Waals surface area (Å²) in [5.41, 5.74) is 2.81. The maximum absolute atomic E-state index is 13.9. The fourth-order valence-electron chi connectivity index (χ4n) is 3.63. The fraction of sp³-hybridized carbons (Fsp3) is 0.190. The van der Waals surface area contributed by atoms with Gasteiger partial charge in [0.2, 0.25) is 0 Å². The van der Waals surface area contributed by atoms with Crippen LogP contribution in [0.4, 0.5) is 8.78 Å². The molecule has 4 rings (SSSR count). The van der Waals surface area contributed by atoms with Gasteiger partial charge in [-0.2, -0.15) is 0 Å². The Morgan fingerprint density at radius 3 is 1.62 bits per heavy atom. The molecule has 0 spiro atoms. The van der Waals surface area contributed by atoms with E-state index < -0.39 is 31.0 Å². The van der Waals surface area contributed by atoms with Crippen molar-refractivity contribution in [2.45, 2.75) is 11.8 Å². The largest absolute Gasteiger partial charge is 0.361 e. The number of H-pyrrole nitrogens is 2. The average molecular weight is 352 g/mol. The van der Waals surface area contributed by atoms with Crippen LogP contribution in [0.15, 0.2) is 60.9 Å². The van der Waals surface area contributed by atoms with Crippen molar-refractivity contribution >= 4 is 27.6 Å². The molecule has 0 aliphatic rings. The van der Waals surface area contributed by atoms with E-state index in [-0.39, 0.29) is 0 Å². The molecule has 0 aliphatic heterocycles. The Balaban J connectivity index is 1.76. The molecule has 0 saturated carbocycles. The number of carbonyl (C=O) groups excluding carboxylic acids is 1. The van der Waals surface area contributed by atoms with E-state index in [2.05, 4.69) is 9.97 Å². The monoisotopic (exact) mass is 352 g/mol. The molecule has 2 aromatic carbocycles. The van der Waals surface area contributed by atoms with Gasteiger partial charge in [0.1, 0.15) is 13.3 Å². The minimum absolute atomic E-state index is 0.440. The van der Waals surface area contributed by atoms with E-state index >= 15 is 0 Å². The number of carbonyl (C=O) groups is 1. The van der Waals surface area contributed by atoms with Crippen LogP contribution in [0.5, 0.6) is 0 Å². The predicted octanol–water partition coefficient (Wildman–Crippen LogP) is 5.02. The van der Waals surface area contributed by atoms with Crippen molar-refractivity contribution in [1.82, 2.24) is 9.97 Å². The first kappa shape index (κ1) is 16.5. The molecule has 2 N–H and O–H groups in total. The highest BCUT2D eigenvalue weighted by Gasteiger charge is 2.32. The lowest BCUT2D eigenvalue weighted by Crippen LogP contribution is -2.23. The minimum atomic E-state index is -0.999. The summed E-state index contributed by atoms with van der Waals surface area (Å²) in [5, 5.41) is 1.58.